The predicted molar refractivity (Wildman–Crippen MR) is 332 cm³/mol. The van der Waals surface area contributed by atoms with Gasteiger partial charge in [-0.2, -0.15) is 27.5 Å². The highest BCUT2D eigenvalue weighted by molar-refractivity contribution is 8.34. The minimum absolute atomic E-state index is 0.912. The summed E-state index contributed by atoms with van der Waals surface area (Å²) in [5.74, 6) is 2.47. The molecule has 10 aromatic heterocycles. The summed E-state index contributed by atoms with van der Waals surface area (Å²) in [5.41, 5.74) is 7.85. The first kappa shape index (κ1) is 52.5. The van der Waals surface area contributed by atoms with Crippen LogP contribution in [0.5, 0.6) is 0 Å². The Bertz CT molecular complexity index is 3230. The molecular weight excluding hydrogens is 1080 g/mol. The number of aromatic nitrogens is 6. The van der Waals surface area contributed by atoms with Gasteiger partial charge in [0.05, 0.1) is 43.0 Å². The Morgan fingerprint density at radius 3 is 1.20 bits per heavy atom. The fourth-order valence-electron chi connectivity index (χ4n) is 10.5. The number of rotatable bonds is 27. The largest absolute Gasteiger partial charge is 0.252 e. The molecule has 0 unspecified atom stereocenters. The van der Waals surface area contributed by atoms with Crippen molar-refractivity contribution < 1.29 is 0 Å². The number of thiophene rings is 6. The number of fused-ring (bicyclic) bond motifs is 5. The molecule has 0 N–H and O–H groups in total. The van der Waals surface area contributed by atoms with E-state index >= 15 is 0 Å². The summed E-state index contributed by atoms with van der Waals surface area (Å²) in [6.45, 7) is 9.22. The molecule has 1 aliphatic heterocycles. The van der Waals surface area contributed by atoms with Crippen molar-refractivity contribution in [1.29, 1.82) is 0 Å². The zero-order valence-corrected chi connectivity index (χ0v) is 50.5. The van der Waals surface area contributed by atoms with Gasteiger partial charge in [-0.1, -0.05) is 111 Å². The molecule has 0 aliphatic carbocycles. The first-order valence-corrected chi connectivity index (χ1v) is 35.5. The van der Waals surface area contributed by atoms with Crippen molar-refractivity contribution in [2.24, 2.45) is 0 Å². The molecule has 0 fully saturated rings. The van der Waals surface area contributed by atoms with Crippen LogP contribution in [0.15, 0.2) is 82.8 Å². The fourth-order valence-corrected chi connectivity index (χ4v) is 24.0. The first-order chi connectivity index (χ1) is 36.5. The van der Waals surface area contributed by atoms with E-state index in [0.29, 0.717) is 0 Å². The topological polar surface area (TPSA) is 77.3 Å². The van der Waals surface area contributed by atoms with Gasteiger partial charge in [0.15, 0.2) is 0 Å². The van der Waals surface area contributed by atoms with Gasteiger partial charge in [-0.3, -0.25) is 9.97 Å². The van der Waals surface area contributed by atoms with E-state index in [2.05, 4.69) is 101 Å². The molecule has 0 spiro atoms. The monoisotopic (exact) mass is 1150 g/mol. The molecular formula is C59H66N6S9. The lowest BCUT2D eigenvalue weighted by molar-refractivity contribution is 0.657. The van der Waals surface area contributed by atoms with Crippen molar-refractivity contribution in [2.75, 3.05) is 11.5 Å². The van der Waals surface area contributed by atoms with Gasteiger partial charge < -0.3 is 0 Å². The third kappa shape index (κ3) is 10.9. The second-order valence-corrected chi connectivity index (χ2v) is 30.9. The lowest BCUT2D eigenvalue weighted by atomic mass is 10.1. The summed E-state index contributed by atoms with van der Waals surface area (Å²) in [6.07, 6.45) is 28.4. The normalized spacial score (nSPS) is 13.5. The van der Waals surface area contributed by atoms with Gasteiger partial charge in [-0.05, 0) is 111 Å². The van der Waals surface area contributed by atoms with E-state index in [1.54, 1.807) is 9.79 Å². The van der Waals surface area contributed by atoms with E-state index in [-0.39, 0.29) is 0 Å². The summed E-state index contributed by atoms with van der Waals surface area (Å²) >= 11 is 14.1. The van der Waals surface area contributed by atoms with E-state index in [4.69, 9.17) is 27.5 Å². The molecule has 6 nitrogen and oxygen atoms in total. The average Bonchev–Trinajstić information content (AvgIpc) is 4.28. The quantitative estimate of drug-likeness (QED) is 0.0478. The summed E-state index contributed by atoms with van der Waals surface area (Å²) in [4.78, 5) is 29.7. The third-order valence-corrected chi connectivity index (χ3v) is 27.5. The summed E-state index contributed by atoms with van der Waals surface area (Å²) in [7, 11) is -1.35. The maximum absolute atomic E-state index is 5.25. The van der Waals surface area contributed by atoms with Gasteiger partial charge in [0.2, 0.25) is 0 Å². The molecule has 15 heteroatoms. The number of unbranched alkanes of at least 4 members (excludes halogenated alkanes) is 13. The first-order valence-electron chi connectivity index (χ1n) is 27.2. The summed E-state index contributed by atoms with van der Waals surface area (Å²) in [6, 6.07) is 23.5. The molecule has 0 radical (unpaired) electrons. The van der Waals surface area contributed by atoms with Crippen LogP contribution < -0.4 is 0 Å². The molecule has 11 rings (SSSR count). The highest BCUT2D eigenvalue weighted by Crippen LogP contribution is 2.76. The number of pyridine rings is 2. The Hall–Kier alpha value is -3.51. The highest BCUT2D eigenvalue weighted by Gasteiger charge is 2.42. The second kappa shape index (κ2) is 24.4. The molecule has 0 aromatic carbocycles. The van der Waals surface area contributed by atoms with Crippen LogP contribution >= 0.6 is 102 Å². The Labute approximate surface area is 471 Å². The van der Waals surface area contributed by atoms with E-state index in [0.717, 1.165) is 54.3 Å². The number of nitrogens with zero attached hydrogens (tertiary/aromatic N) is 6. The van der Waals surface area contributed by atoms with Crippen LogP contribution in [0, 0.1) is 0 Å². The molecule has 74 heavy (non-hydrogen) atoms. The predicted octanol–water partition coefficient (Wildman–Crippen LogP) is 21.9. The van der Waals surface area contributed by atoms with Crippen LogP contribution in [0.25, 0.3) is 93.4 Å². The van der Waals surface area contributed by atoms with Crippen molar-refractivity contribution in [3.63, 3.8) is 0 Å². The smallest absolute Gasteiger partial charge is 0.132 e. The fraction of sp³-hybridized carbons (Fsp3) is 0.424. The van der Waals surface area contributed by atoms with E-state index in [1.807, 2.05) is 68.0 Å². The van der Waals surface area contributed by atoms with Crippen molar-refractivity contribution >= 4 is 124 Å². The molecule has 1 aliphatic rings. The van der Waals surface area contributed by atoms with Gasteiger partial charge >= 0.3 is 0 Å². The third-order valence-electron chi connectivity index (χ3n) is 14.5. The van der Waals surface area contributed by atoms with Crippen LogP contribution in [0.3, 0.4) is 0 Å². The number of hydrogen-bond acceptors (Lipinski definition) is 14. The molecule has 0 atom stereocenters. The number of hydrogen-bond donors (Lipinski definition) is 0. The van der Waals surface area contributed by atoms with Crippen LogP contribution in [-0.4, -0.2) is 39.0 Å². The van der Waals surface area contributed by atoms with Gasteiger partial charge in [0.1, 0.15) is 33.5 Å². The lowest BCUT2D eigenvalue weighted by Crippen LogP contribution is -2.09. The SMILES string of the molecule is CCCCCCCS1(CCCCCC)c2cc(-c3cnc(-c4ccc(-c5ccc(CCCCCC)s5)s4)c4nsnc34)sc2-c2sc(-c3cnc(-c4ccc(-c5ccc(CCCCCC)s5)s4)c4nsnc34)cc21. The molecule has 10 aromatic rings. The standard InChI is InChI=1S/C59H66N6S9/c1-5-9-13-17-21-33-74(32-20-16-12-8-4)50-34-48(40-36-60-54(56-52(40)62-72-64-56)46-30-28-44(68-46)42-26-24-38(66-42)22-18-14-10-6-2)70-58(50)59-51(74)35-49(71-59)41-37-61-55(57-53(41)63-73-65-57)47-31-29-45(69-47)43-27-25-39(67-43)23-19-15-11-7-3/h24-31,34-37H,5-23,32-33H2,1-4H3. The van der Waals surface area contributed by atoms with Crippen molar-refractivity contribution in [1.82, 2.24) is 27.5 Å². The zero-order valence-electron chi connectivity index (χ0n) is 43.1. The summed E-state index contributed by atoms with van der Waals surface area (Å²) in [5, 5.41) is 0. The van der Waals surface area contributed by atoms with Gasteiger partial charge in [-0.25, -0.2) is 0 Å². The van der Waals surface area contributed by atoms with E-state index < -0.39 is 10.0 Å². The van der Waals surface area contributed by atoms with Crippen LogP contribution in [0.2, 0.25) is 0 Å². The lowest BCUT2D eigenvalue weighted by Gasteiger charge is -2.37. The van der Waals surface area contributed by atoms with E-state index in [1.165, 1.54) is 206 Å². The van der Waals surface area contributed by atoms with Crippen molar-refractivity contribution in [3.8, 4) is 71.3 Å². The van der Waals surface area contributed by atoms with Gasteiger partial charge in [0, 0.05) is 72.3 Å². The van der Waals surface area contributed by atoms with Crippen molar-refractivity contribution in [3.05, 3.63) is 82.8 Å². The second-order valence-electron chi connectivity index (χ2n) is 19.8. The van der Waals surface area contributed by atoms with Crippen molar-refractivity contribution in [2.45, 2.75) is 159 Å². The Morgan fingerprint density at radius 1 is 0.365 bits per heavy atom. The minimum atomic E-state index is -1.35. The molecule has 0 amide bonds. The molecule has 0 saturated heterocycles. The van der Waals surface area contributed by atoms with Gasteiger partial charge in [0.25, 0.3) is 0 Å². The van der Waals surface area contributed by atoms with Crippen LogP contribution in [0.1, 0.15) is 147 Å². The zero-order chi connectivity index (χ0) is 50.4. The average molecular weight is 1150 g/mol. The summed E-state index contributed by atoms with van der Waals surface area (Å²) < 4.78 is 20.0. The van der Waals surface area contributed by atoms with Gasteiger partial charge in [-0.15, -0.1) is 68.0 Å². The Balaban J connectivity index is 0.929. The Morgan fingerprint density at radius 2 is 0.743 bits per heavy atom. The van der Waals surface area contributed by atoms with Crippen LogP contribution in [0.4, 0.5) is 0 Å². The number of aryl methyl sites for hydroxylation is 2. The minimum Gasteiger partial charge on any atom is -0.252 e. The van der Waals surface area contributed by atoms with Crippen LogP contribution in [-0.2, 0) is 12.8 Å². The molecule has 0 bridgehead atoms. The van der Waals surface area contributed by atoms with E-state index in [9.17, 15) is 0 Å². The Kier molecular flexibility index (Phi) is 17.4. The molecule has 11 heterocycles. The maximum atomic E-state index is 5.25. The molecule has 386 valence electrons. The molecule has 0 saturated carbocycles. The maximum Gasteiger partial charge on any atom is 0.132 e. The highest BCUT2D eigenvalue weighted by atomic mass is 32.3.